The molecule has 0 saturated carbocycles. The van der Waals surface area contributed by atoms with Crippen LogP contribution in [0.4, 0.5) is 0 Å². The molecule has 2 amide bonds. The number of hydrogen-bond donors (Lipinski definition) is 2. The Morgan fingerprint density at radius 3 is 2.67 bits per heavy atom. The van der Waals surface area contributed by atoms with Crippen molar-refractivity contribution in [2.75, 3.05) is 6.54 Å². The van der Waals surface area contributed by atoms with Crippen LogP contribution in [0.5, 0.6) is 5.75 Å². The van der Waals surface area contributed by atoms with Crippen LogP contribution in [0, 0.1) is 0 Å². The fourth-order valence-corrected chi connectivity index (χ4v) is 2.94. The third-order valence-electron chi connectivity index (χ3n) is 4.53. The molecule has 2 N–H and O–H groups in total. The molecule has 0 atom stereocenters. The summed E-state index contributed by atoms with van der Waals surface area (Å²) in [4.78, 5) is 23.3. The van der Waals surface area contributed by atoms with Crippen LogP contribution in [0.25, 0.3) is 10.8 Å². The third-order valence-corrected chi connectivity index (χ3v) is 4.53. The Hall–Kier alpha value is -3.67. The van der Waals surface area contributed by atoms with Crippen LogP contribution in [-0.2, 0) is 16.2 Å². The maximum atomic E-state index is 11.7. The van der Waals surface area contributed by atoms with Gasteiger partial charge in [-0.25, -0.2) is 5.43 Å². The standard InChI is InChI=1S/C24H25N3O3/c1-2-3-14-25-23(28)24(29)27-26-16-18-8-6-12-21(15-18)30-17-20-11-7-10-19-9-4-5-13-22(19)20/h4-13,15-16H,2-3,14,17H2,1H3,(H,25,28)(H,27,29)/b26-16-. The van der Waals surface area contributed by atoms with Crippen LogP contribution in [0.3, 0.4) is 0 Å². The molecule has 0 radical (unpaired) electrons. The van der Waals surface area contributed by atoms with Gasteiger partial charge < -0.3 is 10.1 Å². The van der Waals surface area contributed by atoms with Crippen LogP contribution in [-0.4, -0.2) is 24.6 Å². The fraction of sp³-hybridized carbons (Fsp3) is 0.208. The molecule has 154 valence electrons. The second kappa shape index (κ2) is 10.8. The summed E-state index contributed by atoms with van der Waals surface area (Å²) in [6.07, 6.45) is 3.24. The van der Waals surface area contributed by atoms with Gasteiger partial charge in [0, 0.05) is 6.54 Å². The first-order valence-corrected chi connectivity index (χ1v) is 9.98. The molecule has 0 fully saturated rings. The quantitative estimate of drug-likeness (QED) is 0.260. The second-order valence-corrected chi connectivity index (χ2v) is 6.81. The summed E-state index contributed by atoms with van der Waals surface area (Å²) >= 11 is 0. The van der Waals surface area contributed by atoms with Crippen molar-refractivity contribution >= 4 is 28.8 Å². The van der Waals surface area contributed by atoms with E-state index in [2.05, 4.69) is 40.1 Å². The number of amides is 2. The Morgan fingerprint density at radius 2 is 1.80 bits per heavy atom. The summed E-state index contributed by atoms with van der Waals surface area (Å²) < 4.78 is 5.95. The Kier molecular flexibility index (Phi) is 7.55. The van der Waals surface area contributed by atoms with Gasteiger partial charge in [0.1, 0.15) is 12.4 Å². The minimum atomic E-state index is -0.786. The summed E-state index contributed by atoms with van der Waals surface area (Å²) in [6, 6.07) is 21.7. The van der Waals surface area contributed by atoms with Crippen molar-refractivity contribution in [2.24, 2.45) is 5.10 Å². The van der Waals surface area contributed by atoms with E-state index >= 15 is 0 Å². The highest BCUT2D eigenvalue weighted by atomic mass is 16.5. The summed E-state index contributed by atoms with van der Waals surface area (Å²) in [5, 5.41) is 8.73. The van der Waals surface area contributed by atoms with Crippen LogP contribution < -0.4 is 15.5 Å². The zero-order valence-corrected chi connectivity index (χ0v) is 16.9. The van der Waals surface area contributed by atoms with Gasteiger partial charge in [0.2, 0.25) is 0 Å². The number of fused-ring (bicyclic) bond motifs is 1. The molecule has 6 nitrogen and oxygen atoms in total. The first-order valence-electron chi connectivity index (χ1n) is 9.98. The van der Waals surface area contributed by atoms with Crippen molar-refractivity contribution in [3.63, 3.8) is 0 Å². The lowest BCUT2D eigenvalue weighted by atomic mass is 10.1. The van der Waals surface area contributed by atoms with Gasteiger partial charge in [0.05, 0.1) is 6.21 Å². The summed E-state index contributed by atoms with van der Waals surface area (Å²) in [6.45, 7) is 2.93. The molecular weight excluding hydrogens is 378 g/mol. The number of hydrazone groups is 1. The average molecular weight is 403 g/mol. The van der Waals surface area contributed by atoms with E-state index < -0.39 is 11.8 Å². The lowest BCUT2D eigenvalue weighted by Gasteiger charge is -2.09. The molecule has 0 unspecified atom stereocenters. The molecule has 0 aliphatic carbocycles. The number of ether oxygens (including phenoxy) is 1. The number of nitrogens with zero attached hydrogens (tertiary/aromatic N) is 1. The van der Waals surface area contributed by atoms with Gasteiger partial charge in [-0.1, -0.05) is 67.9 Å². The van der Waals surface area contributed by atoms with E-state index in [9.17, 15) is 9.59 Å². The number of carbonyl (C=O) groups is 2. The Morgan fingerprint density at radius 1 is 1.00 bits per heavy atom. The van der Waals surface area contributed by atoms with E-state index in [0.29, 0.717) is 18.9 Å². The van der Waals surface area contributed by atoms with Crippen molar-refractivity contribution < 1.29 is 14.3 Å². The van der Waals surface area contributed by atoms with Crippen molar-refractivity contribution in [3.05, 3.63) is 77.9 Å². The van der Waals surface area contributed by atoms with Gasteiger partial charge in [-0.2, -0.15) is 5.10 Å². The summed E-state index contributed by atoms with van der Waals surface area (Å²) in [5.41, 5.74) is 4.09. The average Bonchev–Trinajstić information content (AvgIpc) is 2.78. The van der Waals surface area contributed by atoms with Crippen LogP contribution in [0.15, 0.2) is 71.8 Å². The van der Waals surface area contributed by atoms with Gasteiger partial charge >= 0.3 is 11.8 Å². The van der Waals surface area contributed by atoms with Crippen molar-refractivity contribution in [3.8, 4) is 5.75 Å². The third kappa shape index (κ3) is 5.91. The number of benzene rings is 3. The summed E-state index contributed by atoms with van der Waals surface area (Å²) in [7, 11) is 0. The first kappa shape index (κ1) is 21.0. The highest BCUT2D eigenvalue weighted by Crippen LogP contribution is 2.21. The highest BCUT2D eigenvalue weighted by molar-refractivity contribution is 6.35. The normalized spacial score (nSPS) is 10.8. The predicted octanol–water partition coefficient (Wildman–Crippen LogP) is 3.79. The maximum absolute atomic E-state index is 11.7. The number of unbranched alkanes of at least 4 members (excludes halogenated alkanes) is 1. The molecule has 30 heavy (non-hydrogen) atoms. The highest BCUT2D eigenvalue weighted by Gasteiger charge is 2.11. The van der Waals surface area contributed by atoms with E-state index in [1.54, 1.807) is 0 Å². The molecule has 0 bridgehead atoms. The smallest absolute Gasteiger partial charge is 0.329 e. The van der Waals surface area contributed by atoms with E-state index in [1.807, 2.05) is 49.4 Å². The SMILES string of the molecule is CCCCNC(=O)C(=O)N/N=C\c1cccc(OCc2cccc3ccccc23)c1. The van der Waals surface area contributed by atoms with E-state index in [4.69, 9.17) is 4.74 Å². The molecule has 0 aromatic heterocycles. The molecule has 0 heterocycles. The molecule has 0 aliphatic heterocycles. The molecule has 0 spiro atoms. The topological polar surface area (TPSA) is 79.8 Å². The van der Waals surface area contributed by atoms with E-state index in [1.165, 1.54) is 11.6 Å². The number of nitrogens with one attached hydrogen (secondary N) is 2. The molecule has 3 rings (SSSR count). The van der Waals surface area contributed by atoms with Crippen LogP contribution in [0.2, 0.25) is 0 Å². The lowest BCUT2D eigenvalue weighted by molar-refractivity contribution is -0.139. The Labute approximate surface area is 175 Å². The molecule has 3 aromatic rings. The number of rotatable bonds is 8. The zero-order valence-electron chi connectivity index (χ0n) is 16.9. The molecular formula is C24H25N3O3. The van der Waals surface area contributed by atoms with Gasteiger partial charge in [-0.15, -0.1) is 0 Å². The minimum Gasteiger partial charge on any atom is -0.489 e. The fourth-order valence-electron chi connectivity index (χ4n) is 2.94. The van der Waals surface area contributed by atoms with Gasteiger partial charge in [-0.3, -0.25) is 9.59 Å². The van der Waals surface area contributed by atoms with Crippen molar-refractivity contribution in [2.45, 2.75) is 26.4 Å². The maximum Gasteiger partial charge on any atom is 0.329 e. The zero-order chi connectivity index (χ0) is 21.2. The van der Waals surface area contributed by atoms with Crippen molar-refractivity contribution in [1.29, 1.82) is 0 Å². The number of carbonyl (C=O) groups excluding carboxylic acids is 2. The van der Waals surface area contributed by atoms with Gasteiger partial charge in [-0.05, 0) is 40.5 Å². The van der Waals surface area contributed by atoms with E-state index in [-0.39, 0.29) is 0 Å². The molecule has 0 aliphatic rings. The molecule has 6 heteroatoms. The minimum absolute atomic E-state index is 0.441. The van der Waals surface area contributed by atoms with Gasteiger partial charge in [0.25, 0.3) is 0 Å². The Balaban J connectivity index is 1.56. The summed E-state index contributed by atoms with van der Waals surface area (Å²) in [5.74, 6) is -0.783. The monoisotopic (exact) mass is 403 g/mol. The second-order valence-electron chi connectivity index (χ2n) is 6.81. The number of hydrogen-bond acceptors (Lipinski definition) is 4. The first-order chi connectivity index (χ1) is 14.7. The van der Waals surface area contributed by atoms with Crippen LogP contribution in [0.1, 0.15) is 30.9 Å². The molecule has 0 saturated heterocycles. The lowest BCUT2D eigenvalue weighted by Crippen LogP contribution is -2.38. The van der Waals surface area contributed by atoms with E-state index in [0.717, 1.165) is 29.4 Å². The molecule has 3 aromatic carbocycles. The largest absolute Gasteiger partial charge is 0.489 e. The van der Waals surface area contributed by atoms with Crippen LogP contribution >= 0.6 is 0 Å². The van der Waals surface area contributed by atoms with Crippen molar-refractivity contribution in [1.82, 2.24) is 10.7 Å². The predicted molar refractivity (Wildman–Crippen MR) is 118 cm³/mol. The Bertz CT molecular complexity index is 1040. The van der Waals surface area contributed by atoms with Gasteiger partial charge in [0.15, 0.2) is 0 Å².